The Morgan fingerprint density at radius 3 is 2.57 bits per heavy atom. The Hall–Kier alpha value is -2.88. The van der Waals surface area contributed by atoms with Gasteiger partial charge in [0, 0.05) is 12.1 Å². The number of carbonyl (C=O) groups is 1. The molecule has 1 aromatic carbocycles. The van der Waals surface area contributed by atoms with Gasteiger partial charge in [-0.3, -0.25) is 4.79 Å². The quantitative estimate of drug-likeness (QED) is 0.325. The average molecular weight is 291 g/mol. The molecule has 1 amide bonds. The molecule has 0 aliphatic carbocycles. The van der Waals surface area contributed by atoms with Gasteiger partial charge in [-0.25, -0.2) is 0 Å². The number of nitrogens with zero attached hydrogens (tertiary/aromatic N) is 1. The number of ether oxygens (including phenoxy) is 2. The largest absolute Gasteiger partial charge is 0.506 e. The summed E-state index contributed by atoms with van der Waals surface area (Å²) in [4.78, 5) is 11.7. The van der Waals surface area contributed by atoms with Crippen LogP contribution < -0.4 is 20.5 Å². The molecule has 7 nitrogen and oxygen atoms in total. The van der Waals surface area contributed by atoms with E-state index in [1.54, 1.807) is 13.0 Å². The third-order valence-electron chi connectivity index (χ3n) is 2.69. The molecule has 0 spiro atoms. The van der Waals surface area contributed by atoms with Gasteiger partial charge in [0.25, 0.3) is 5.91 Å². The van der Waals surface area contributed by atoms with E-state index < -0.39 is 17.2 Å². The number of anilines is 1. The summed E-state index contributed by atoms with van der Waals surface area (Å²) < 4.78 is 10.2. The lowest BCUT2D eigenvalue weighted by atomic mass is 10.1. The van der Waals surface area contributed by atoms with Crippen molar-refractivity contribution in [1.82, 2.24) is 5.32 Å². The summed E-state index contributed by atoms with van der Waals surface area (Å²) in [7, 11) is 2.84. The molecule has 0 fully saturated rings. The Morgan fingerprint density at radius 1 is 1.43 bits per heavy atom. The van der Waals surface area contributed by atoms with Gasteiger partial charge in [0.15, 0.2) is 17.1 Å². The van der Waals surface area contributed by atoms with Crippen LogP contribution in [-0.2, 0) is 4.79 Å². The second kappa shape index (κ2) is 7.05. The molecule has 0 radical (unpaired) electrons. The van der Waals surface area contributed by atoms with Crippen LogP contribution in [0.5, 0.6) is 11.5 Å². The van der Waals surface area contributed by atoms with Crippen molar-refractivity contribution < 1.29 is 19.4 Å². The molecule has 0 aliphatic heterocycles. The van der Waals surface area contributed by atoms with E-state index in [0.717, 1.165) is 0 Å². The van der Waals surface area contributed by atoms with Gasteiger partial charge in [-0.15, -0.1) is 0 Å². The van der Waals surface area contributed by atoms with Crippen molar-refractivity contribution in [2.75, 3.05) is 26.5 Å². The maximum absolute atomic E-state index is 11.7. The molecule has 0 heterocycles. The zero-order valence-corrected chi connectivity index (χ0v) is 12.1. The zero-order chi connectivity index (χ0) is 16.0. The second-order valence-corrected chi connectivity index (χ2v) is 4.00. The number of hydrogen-bond donors (Lipinski definition) is 3. The van der Waals surface area contributed by atoms with E-state index in [1.807, 2.05) is 0 Å². The lowest BCUT2D eigenvalue weighted by Crippen LogP contribution is -2.24. The number of methoxy groups -OCH3 is 2. The fraction of sp³-hybridized carbons (Fsp3) is 0.286. The van der Waals surface area contributed by atoms with Gasteiger partial charge in [-0.1, -0.05) is 0 Å². The average Bonchev–Trinajstić information content (AvgIpc) is 2.47. The number of nitrogens with two attached hydrogens (primary N) is 1. The first-order chi connectivity index (χ1) is 9.99. The van der Waals surface area contributed by atoms with Crippen molar-refractivity contribution in [3.05, 3.63) is 23.3 Å². The smallest absolute Gasteiger partial charge is 0.265 e. The summed E-state index contributed by atoms with van der Waals surface area (Å²) in [5, 5.41) is 21.6. The summed E-state index contributed by atoms with van der Waals surface area (Å²) in [6.45, 7) is 2.05. The molecule has 0 aliphatic rings. The fourth-order valence-corrected chi connectivity index (χ4v) is 1.74. The molecule has 21 heavy (non-hydrogen) atoms. The van der Waals surface area contributed by atoms with E-state index >= 15 is 0 Å². The van der Waals surface area contributed by atoms with Crippen LogP contribution in [0.1, 0.15) is 12.5 Å². The summed E-state index contributed by atoms with van der Waals surface area (Å²) in [5.41, 5.74) is 5.80. The number of likely N-dealkylation sites (N-methyl/N-ethyl adjacent to an activating group) is 1. The highest BCUT2D eigenvalue weighted by atomic mass is 16.5. The highest BCUT2D eigenvalue weighted by Gasteiger charge is 2.19. The molecule has 0 unspecified atom stereocenters. The predicted molar refractivity (Wildman–Crippen MR) is 77.8 cm³/mol. The van der Waals surface area contributed by atoms with Gasteiger partial charge >= 0.3 is 0 Å². The molecule has 0 saturated carbocycles. The maximum atomic E-state index is 11.7. The minimum atomic E-state index is -0.661. The van der Waals surface area contributed by atoms with Crippen LogP contribution in [0.25, 0.3) is 5.76 Å². The monoisotopic (exact) mass is 291 g/mol. The highest BCUT2D eigenvalue weighted by Crippen LogP contribution is 2.36. The molecule has 0 aromatic heterocycles. The van der Waals surface area contributed by atoms with Crippen LogP contribution >= 0.6 is 0 Å². The van der Waals surface area contributed by atoms with Crippen LogP contribution in [0, 0.1) is 11.3 Å². The molecular formula is C14H17N3O4. The highest BCUT2D eigenvalue weighted by molar-refractivity contribution is 6.03. The summed E-state index contributed by atoms with van der Waals surface area (Å²) in [5.74, 6) is -0.542. The Morgan fingerprint density at radius 2 is 2.10 bits per heavy atom. The van der Waals surface area contributed by atoms with Crippen LogP contribution in [0.4, 0.5) is 5.69 Å². The number of amides is 1. The lowest BCUT2D eigenvalue weighted by Gasteiger charge is -2.13. The lowest BCUT2D eigenvalue weighted by molar-refractivity contribution is -0.117. The number of benzene rings is 1. The number of nitriles is 1. The Bertz CT molecular complexity index is 617. The van der Waals surface area contributed by atoms with Crippen molar-refractivity contribution in [2.45, 2.75) is 6.92 Å². The van der Waals surface area contributed by atoms with Gasteiger partial charge in [-0.2, -0.15) is 5.26 Å². The Labute approximate surface area is 122 Å². The molecule has 0 bridgehead atoms. The minimum Gasteiger partial charge on any atom is -0.506 e. The van der Waals surface area contributed by atoms with E-state index in [-0.39, 0.29) is 17.0 Å². The number of rotatable bonds is 5. The van der Waals surface area contributed by atoms with Gasteiger partial charge in [0.1, 0.15) is 11.8 Å². The van der Waals surface area contributed by atoms with E-state index in [9.17, 15) is 9.90 Å². The molecule has 1 rings (SSSR count). The Kier molecular flexibility index (Phi) is 5.43. The minimum absolute atomic E-state index is 0.188. The molecule has 112 valence electrons. The van der Waals surface area contributed by atoms with Gasteiger partial charge < -0.3 is 25.6 Å². The van der Waals surface area contributed by atoms with Crippen molar-refractivity contribution in [3.8, 4) is 17.6 Å². The zero-order valence-electron chi connectivity index (χ0n) is 12.1. The predicted octanol–water partition coefficient (Wildman–Crippen LogP) is 1.21. The van der Waals surface area contributed by atoms with Crippen LogP contribution in [0.2, 0.25) is 0 Å². The molecular weight excluding hydrogens is 274 g/mol. The third-order valence-corrected chi connectivity index (χ3v) is 2.69. The van der Waals surface area contributed by atoms with E-state index in [2.05, 4.69) is 5.32 Å². The van der Waals surface area contributed by atoms with E-state index in [1.165, 1.54) is 26.4 Å². The number of nitrogens with one attached hydrogen (secondary N) is 1. The van der Waals surface area contributed by atoms with Crippen molar-refractivity contribution >= 4 is 17.4 Å². The van der Waals surface area contributed by atoms with Gasteiger partial charge in [0.2, 0.25) is 0 Å². The number of carbonyl (C=O) groups excluding carboxylic acids is 1. The summed E-state index contributed by atoms with van der Waals surface area (Å²) in [6.07, 6.45) is 0. The van der Waals surface area contributed by atoms with Gasteiger partial charge in [0.05, 0.1) is 19.9 Å². The first-order valence-corrected chi connectivity index (χ1v) is 6.13. The SMILES string of the molecule is CCNC(=O)/C(C#N)=C(\O)c1cc(N)c(OC)c(OC)c1. The molecule has 0 saturated heterocycles. The number of hydrogen-bond acceptors (Lipinski definition) is 6. The molecule has 1 aromatic rings. The topological polar surface area (TPSA) is 118 Å². The summed E-state index contributed by atoms with van der Waals surface area (Å²) in [6, 6.07) is 4.50. The number of aliphatic hydroxyl groups is 1. The van der Waals surface area contributed by atoms with Crippen molar-refractivity contribution in [3.63, 3.8) is 0 Å². The molecule has 7 heteroatoms. The Balaban J connectivity index is 3.42. The van der Waals surface area contributed by atoms with E-state index in [4.69, 9.17) is 20.5 Å². The first kappa shape index (κ1) is 16.2. The standard InChI is InChI=1S/C14H17N3O4/c1-4-17-14(19)9(7-15)12(18)8-5-10(16)13(21-3)11(6-8)20-2/h5-6,18H,4,16H2,1-3H3,(H,17,19)/b12-9-. The number of nitrogen functional groups attached to an aromatic ring is 1. The van der Waals surface area contributed by atoms with Crippen LogP contribution in [-0.4, -0.2) is 31.8 Å². The fourth-order valence-electron chi connectivity index (χ4n) is 1.74. The van der Waals surface area contributed by atoms with Crippen molar-refractivity contribution in [2.24, 2.45) is 0 Å². The maximum Gasteiger partial charge on any atom is 0.265 e. The molecule has 0 atom stereocenters. The van der Waals surface area contributed by atoms with Gasteiger partial charge in [-0.05, 0) is 19.1 Å². The van der Waals surface area contributed by atoms with Crippen LogP contribution in [0.15, 0.2) is 17.7 Å². The van der Waals surface area contributed by atoms with Crippen molar-refractivity contribution in [1.29, 1.82) is 5.26 Å². The second-order valence-electron chi connectivity index (χ2n) is 4.00. The normalized spacial score (nSPS) is 11.1. The van der Waals surface area contributed by atoms with E-state index in [0.29, 0.717) is 12.3 Å². The number of aliphatic hydroxyl groups excluding tert-OH is 1. The summed E-state index contributed by atoms with van der Waals surface area (Å²) >= 11 is 0. The van der Waals surface area contributed by atoms with Crippen LogP contribution in [0.3, 0.4) is 0 Å². The molecule has 4 N–H and O–H groups in total. The first-order valence-electron chi connectivity index (χ1n) is 6.13. The third kappa shape index (κ3) is 3.36.